The summed E-state index contributed by atoms with van der Waals surface area (Å²) in [6.07, 6.45) is 2.65. The fourth-order valence-corrected chi connectivity index (χ4v) is 2.13. The fourth-order valence-electron chi connectivity index (χ4n) is 2.13. The summed E-state index contributed by atoms with van der Waals surface area (Å²) in [6, 6.07) is 0.771. The van der Waals surface area contributed by atoms with Crippen LogP contribution in [-0.4, -0.2) is 37.1 Å². The van der Waals surface area contributed by atoms with Crippen molar-refractivity contribution in [3.63, 3.8) is 0 Å². The van der Waals surface area contributed by atoms with Gasteiger partial charge < -0.3 is 5.32 Å². The van der Waals surface area contributed by atoms with Crippen molar-refractivity contribution in [2.45, 2.75) is 39.7 Å². The van der Waals surface area contributed by atoms with Gasteiger partial charge in [0.15, 0.2) is 0 Å². The molecule has 0 aromatic rings. The van der Waals surface area contributed by atoms with E-state index >= 15 is 0 Å². The van der Waals surface area contributed by atoms with Crippen molar-refractivity contribution in [1.29, 1.82) is 0 Å². The molecule has 0 radical (unpaired) electrons. The molecule has 1 N–H and O–H groups in total. The van der Waals surface area contributed by atoms with Gasteiger partial charge >= 0.3 is 0 Å². The lowest BCUT2D eigenvalue weighted by Gasteiger charge is -2.28. The molecule has 0 aliphatic carbocycles. The highest BCUT2D eigenvalue weighted by Gasteiger charge is 2.18. The molecule has 2 nitrogen and oxygen atoms in total. The zero-order valence-corrected chi connectivity index (χ0v) is 9.34. The average molecular weight is 184 g/mol. The average Bonchev–Trinajstić information content (AvgIpc) is 2.30. The summed E-state index contributed by atoms with van der Waals surface area (Å²) >= 11 is 0. The van der Waals surface area contributed by atoms with Gasteiger partial charge in [0.2, 0.25) is 0 Å². The molecule has 2 atom stereocenters. The molecule has 2 unspecified atom stereocenters. The lowest BCUT2D eigenvalue weighted by molar-refractivity contribution is 0.193. The highest BCUT2D eigenvalue weighted by molar-refractivity contribution is 4.74. The topological polar surface area (TPSA) is 15.3 Å². The first-order valence-electron chi connectivity index (χ1n) is 5.68. The van der Waals surface area contributed by atoms with Gasteiger partial charge in [-0.15, -0.1) is 0 Å². The van der Waals surface area contributed by atoms with Crippen LogP contribution in [0.25, 0.3) is 0 Å². The van der Waals surface area contributed by atoms with Gasteiger partial charge in [-0.25, -0.2) is 0 Å². The van der Waals surface area contributed by atoms with Crippen LogP contribution in [0, 0.1) is 5.92 Å². The Balaban J connectivity index is 2.37. The SMILES string of the molecule is CCCC(C)N1CCNCC(C)C1. The molecule has 13 heavy (non-hydrogen) atoms. The Morgan fingerprint density at radius 1 is 1.54 bits per heavy atom. The van der Waals surface area contributed by atoms with E-state index in [0.29, 0.717) is 0 Å². The van der Waals surface area contributed by atoms with Crippen LogP contribution >= 0.6 is 0 Å². The zero-order valence-electron chi connectivity index (χ0n) is 9.34. The second-order valence-electron chi connectivity index (χ2n) is 4.44. The van der Waals surface area contributed by atoms with E-state index in [1.807, 2.05) is 0 Å². The molecular formula is C11H24N2. The van der Waals surface area contributed by atoms with Gasteiger partial charge in [-0.3, -0.25) is 4.90 Å². The lowest BCUT2D eigenvalue weighted by atomic mass is 10.1. The molecule has 1 aliphatic rings. The molecule has 0 bridgehead atoms. The van der Waals surface area contributed by atoms with Crippen molar-refractivity contribution in [2.24, 2.45) is 5.92 Å². The van der Waals surface area contributed by atoms with Gasteiger partial charge in [0.25, 0.3) is 0 Å². The molecule has 0 saturated carbocycles. The third-order valence-electron chi connectivity index (χ3n) is 2.94. The summed E-state index contributed by atoms with van der Waals surface area (Å²) in [5.41, 5.74) is 0. The van der Waals surface area contributed by atoms with Crippen LogP contribution in [0.15, 0.2) is 0 Å². The van der Waals surface area contributed by atoms with Crippen molar-refractivity contribution in [1.82, 2.24) is 10.2 Å². The molecule has 1 aliphatic heterocycles. The van der Waals surface area contributed by atoms with Crippen molar-refractivity contribution >= 4 is 0 Å². The predicted molar refractivity (Wildman–Crippen MR) is 58.0 cm³/mol. The van der Waals surface area contributed by atoms with Gasteiger partial charge in [-0.05, 0) is 25.8 Å². The van der Waals surface area contributed by atoms with Crippen molar-refractivity contribution in [2.75, 3.05) is 26.2 Å². The molecule has 0 spiro atoms. The highest BCUT2D eigenvalue weighted by Crippen LogP contribution is 2.10. The van der Waals surface area contributed by atoms with Crippen LogP contribution in [0.5, 0.6) is 0 Å². The van der Waals surface area contributed by atoms with Crippen LogP contribution in [0.4, 0.5) is 0 Å². The van der Waals surface area contributed by atoms with Crippen molar-refractivity contribution in [3.05, 3.63) is 0 Å². The Morgan fingerprint density at radius 3 is 3.00 bits per heavy atom. The number of nitrogens with zero attached hydrogens (tertiary/aromatic N) is 1. The predicted octanol–water partition coefficient (Wildman–Crippen LogP) is 1.72. The minimum atomic E-state index is 0.771. The molecule has 1 fully saturated rings. The monoisotopic (exact) mass is 184 g/mol. The molecule has 1 heterocycles. The zero-order chi connectivity index (χ0) is 9.68. The van der Waals surface area contributed by atoms with E-state index in [1.54, 1.807) is 0 Å². The maximum Gasteiger partial charge on any atom is 0.0110 e. The van der Waals surface area contributed by atoms with E-state index in [4.69, 9.17) is 0 Å². The number of hydrogen-bond acceptors (Lipinski definition) is 2. The lowest BCUT2D eigenvalue weighted by Crippen LogP contribution is -2.37. The summed E-state index contributed by atoms with van der Waals surface area (Å²) in [7, 11) is 0. The van der Waals surface area contributed by atoms with E-state index < -0.39 is 0 Å². The maximum absolute atomic E-state index is 3.48. The van der Waals surface area contributed by atoms with E-state index in [2.05, 4.69) is 31.0 Å². The normalized spacial score (nSPS) is 28.4. The Morgan fingerprint density at radius 2 is 2.31 bits per heavy atom. The first kappa shape index (κ1) is 11.0. The first-order valence-corrected chi connectivity index (χ1v) is 5.68. The Hall–Kier alpha value is -0.0800. The molecule has 78 valence electrons. The largest absolute Gasteiger partial charge is 0.315 e. The Labute approximate surface area is 82.7 Å². The summed E-state index contributed by atoms with van der Waals surface area (Å²) in [5.74, 6) is 0.807. The van der Waals surface area contributed by atoms with Gasteiger partial charge in [0.1, 0.15) is 0 Å². The Bertz CT molecular complexity index is 136. The maximum atomic E-state index is 3.48. The summed E-state index contributed by atoms with van der Waals surface area (Å²) in [5, 5.41) is 3.48. The van der Waals surface area contributed by atoms with E-state index in [1.165, 1.54) is 39.0 Å². The quantitative estimate of drug-likeness (QED) is 0.718. The van der Waals surface area contributed by atoms with Crippen LogP contribution in [0.1, 0.15) is 33.6 Å². The molecule has 0 aromatic heterocycles. The second kappa shape index (κ2) is 5.61. The summed E-state index contributed by atoms with van der Waals surface area (Å²) in [4.78, 5) is 2.63. The third kappa shape index (κ3) is 3.65. The molecule has 1 saturated heterocycles. The molecule has 0 amide bonds. The minimum Gasteiger partial charge on any atom is -0.315 e. The number of hydrogen-bond donors (Lipinski definition) is 1. The van der Waals surface area contributed by atoms with Crippen LogP contribution < -0.4 is 5.32 Å². The van der Waals surface area contributed by atoms with Crippen molar-refractivity contribution in [3.8, 4) is 0 Å². The van der Waals surface area contributed by atoms with Crippen LogP contribution in [-0.2, 0) is 0 Å². The summed E-state index contributed by atoms with van der Waals surface area (Å²) in [6.45, 7) is 11.8. The van der Waals surface area contributed by atoms with Gasteiger partial charge in [0, 0.05) is 25.7 Å². The molecule has 0 aromatic carbocycles. The van der Waals surface area contributed by atoms with E-state index in [9.17, 15) is 0 Å². The van der Waals surface area contributed by atoms with Crippen molar-refractivity contribution < 1.29 is 0 Å². The van der Waals surface area contributed by atoms with E-state index in [-0.39, 0.29) is 0 Å². The molecule has 1 rings (SSSR count). The fraction of sp³-hybridized carbons (Fsp3) is 1.00. The minimum absolute atomic E-state index is 0.771. The van der Waals surface area contributed by atoms with Gasteiger partial charge in [-0.1, -0.05) is 20.3 Å². The molecular weight excluding hydrogens is 160 g/mol. The number of rotatable bonds is 3. The van der Waals surface area contributed by atoms with E-state index in [0.717, 1.165) is 12.0 Å². The summed E-state index contributed by atoms with van der Waals surface area (Å²) < 4.78 is 0. The van der Waals surface area contributed by atoms with Crippen LogP contribution in [0.2, 0.25) is 0 Å². The van der Waals surface area contributed by atoms with Gasteiger partial charge in [-0.2, -0.15) is 0 Å². The molecule has 2 heteroatoms. The van der Waals surface area contributed by atoms with Gasteiger partial charge in [0.05, 0.1) is 0 Å². The smallest absolute Gasteiger partial charge is 0.0110 e. The first-order chi connectivity index (χ1) is 6.24. The third-order valence-corrected chi connectivity index (χ3v) is 2.94. The standard InChI is InChI=1S/C11H24N2/c1-4-5-11(3)13-7-6-12-8-10(2)9-13/h10-12H,4-9H2,1-3H3. The highest BCUT2D eigenvalue weighted by atomic mass is 15.2. The second-order valence-corrected chi connectivity index (χ2v) is 4.44. The number of nitrogens with one attached hydrogen (secondary N) is 1. The Kier molecular flexibility index (Phi) is 4.74. The van der Waals surface area contributed by atoms with Crippen LogP contribution in [0.3, 0.4) is 0 Å².